The lowest BCUT2D eigenvalue weighted by Gasteiger charge is -2.22. The van der Waals surface area contributed by atoms with Crippen LogP contribution in [0.3, 0.4) is 0 Å². The zero-order valence-corrected chi connectivity index (χ0v) is 23.5. The zero-order valence-electron chi connectivity index (χ0n) is 23.5. The Hall–Kier alpha value is -4.97. The van der Waals surface area contributed by atoms with E-state index in [1.807, 2.05) is 0 Å². The van der Waals surface area contributed by atoms with Gasteiger partial charge in [-0.1, -0.05) is 94.4 Å². The van der Waals surface area contributed by atoms with Gasteiger partial charge >= 0.3 is 0 Å². The predicted octanol–water partition coefficient (Wildman–Crippen LogP) is 8.59. The molecule has 0 radical (unpaired) electrons. The molecule has 0 atom stereocenters. The molecule has 0 aliphatic carbocycles. The van der Waals surface area contributed by atoms with Gasteiger partial charge in [-0.2, -0.15) is 0 Å². The molecule has 6 heteroatoms. The van der Waals surface area contributed by atoms with E-state index in [4.69, 9.17) is 9.40 Å². The van der Waals surface area contributed by atoms with Crippen LogP contribution in [0.2, 0.25) is 0 Å². The highest BCUT2D eigenvalue weighted by Crippen LogP contribution is 2.38. The molecule has 7 rings (SSSR count). The van der Waals surface area contributed by atoms with Gasteiger partial charge in [-0.25, -0.2) is 9.97 Å². The third-order valence-electron chi connectivity index (χ3n) is 7.82. The zero-order chi connectivity index (χ0) is 28.2. The minimum absolute atomic E-state index is 0.106. The van der Waals surface area contributed by atoms with Crippen molar-refractivity contribution in [2.75, 3.05) is 0 Å². The van der Waals surface area contributed by atoms with Gasteiger partial charge in [-0.05, 0) is 45.9 Å². The van der Waals surface area contributed by atoms with Crippen LogP contribution in [0.1, 0.15) is 50.7 Å². The predicted molar refractivity (Wildman–Crippen MR) is 166 cm³/mol. The number of nitrogens with one attached hydrogen (secondary N) is 1. The van der Waals surface area contributed by atoms with Crippen molar-refractivity contribution in [3.63, 3.8) is 0 Å². The van der Waals surface area contributed by atoms with Gasteiger partial charge in [0.1, 0.15) is 22.6 Å². The molecule has 0 amide bonds. The summed E-state index contributed by atoms with van der Waals surface area (Å²) in [4.78, 5) is 26.0. The quantitative estimate of drug-likeness (QED) is 0.238. The van der Waals surface area contributed by atoms with Crippen molar-refractivity contribution in [2.24, 2.45) is 0 Å². The maximum atomic E-state index is 12.7. The fraction of sp³-hybridized carbons (Fsp3) is 0.171. The first-order valence-corrected chi connectivity index (χ1v) is 14.0. The minimum Gasteiger partial charge on any atom is -0.436 e. The summed E-state index contributed by atoms with van der Waals surface area (Å²) in [5, 5.41) is 2.79. The second-order valence-corrected chi connectivity index (χ2v) is 11.1. The fourth-order valence-corrected chi connectivity index (χ4v) is 5.81. The number of imidazole rings is 1. The maximum Gasteiger partial charge on any atom is 0.244 e. The Bertz CT molecular complexity index is 2110. The van der Waals surface area contributed by atoms with E-state index in [-0.39, 0.29) is 5.43 Å². The molecule has 4 aromatic carbocycles. The van der Waals surface area contributed by atoms with Crippen molar-refractivity contribution < 1.29 is 4.42 Å². The number of benzene rings is 4. The van der Waals surface area contributed by atoms with Gasteiger partial charge < -0.3 is 9.40 Å². The number of fused-ring (bicyclic) bond motifs is 4. The number of furan rings is 1. The summed E-state index contributed by atoms with van der Waals surface area (Å²) < 4.78 is 8.10. The fourth-order valence-electron chi connectivity index (χ4n) is 5.81. The highest BCUT2D eigenvalue weighted by atomic mass is 16.3. The average molecular weight is 539 g/mol. The summed E-state index contributed by atoms with van der Waals surface area (Å²) in [6.45, 7) is 8.92. The molecule has 0 saturated carbocycles. The standard InChI is InChI=1S/C35H30N4O2/c1-20(2)23-13-8-14-24(21(3)4)33(23)39-19-28(38-34(39)26-15-7-11-22-10-5-6-12-25(22)26)27-18-36-35-32(37-27)31-29(40)16-9-17-30(31)41-35/h5-21,37H,1-4H3. The van der Waals surface area contributed by atoms with Crippen LogP contribution < -0.4 is 5.43 Å². The molecule has 41 heavy (non-hydrogen) atoms. The molecule has 7 aromatic rings. The van der Waals surface area contributed by atoms with Crippen LogP contribution in [0.25, 0.3) is 61.4 Å². The largest absolute Gasteiger partial charge is 0.436 e. The number of H-pyrrole nitrogens is 1. The lowest BCUT2D eigenvalue weighted by Crippen LogP contribution is -2.08. The third kappa shape index (κ3) is 4.06. The molecule has 202 valence electrons. The van der Waals surface area contributed by atoms with Crippen LogP contribution >= 0.6 is 0 Å². The Morgan fingerprint density at radius 2 is 1.54 bits per heavy atom. The summed E-state index contributed by atoms with van der Waals surface area (Å²) >= 11 is 0. The molecule has 0 unspecified atom stereocenters. The highest BCUT2D eigenvalue weighted by Gasteiger charge is 2.22. The van der Waals surface area contributed by atoms with Gasteiger partial charge in [0.2, 0.25) is 5.71 Å². The molecule has 6 nitrogen and oxygen atoms in total. The van der Waals surface area contributed by atoms with Gasteiger partial charge in [0, 0.05) is 11.8 Å². The first-order valence-electron chi connectivity index (χ1n) is 14.0. The maximum absolute atomic E-state index is 12.7. The first kappa shape index (κ1) is 25.0. The topological polar surface area (TPSA) is 76.7 Å². The van der Waals surface area contributed by atoms with Crippen molar-refractivity contribution in [3.05, 3.63) is 113 Å². The van der Waals surface area contributed by atoms with Gasteiger partial charge in [0.25, 0.3) is 0 Å². The van der Waals surface area contributed by atoms with Crippen molar-refractivity contribution in [1.29, 1.82) is 0 Å². The number of aromatic amines is 1. The Labute approximate surface area is 237 Å². The van der Waals surface area contributed by atoms with Crippen LogP contribution in [-0.2, 0) is 0 Å². The van der Waals surface area contributed by atoms with Gasteiger partial charge in [-0.15, -0.1) is 0 Å². The van der Waals surface area contributed by atoms with Crippen molar-refractivity contribution in [3.8, 4) is 28.5 Å². The number of hydrogen-bond acceptors (Lipinski definition) is 4. The lowest BCUT2D eigenvalue weighted by molar-refractivity contribution is 0.653. The molecular weight excluding hydrogens is 508 g/mol. The van der Waals surface area contributed by atoms with Crippen molar-refractivity contribution in [2.45, 2.75) is 39.5 Å². The monoisotopic (exact) mass is 538 g/mol. The van der Waals surface area contributed by atoms with E-state index >= 15 is 0 Å². The second-order valence-electron chi connectivity index (χ2n) is 11.1. The third-order valence-corrected chi connectivity index (χ3v) is 7.82. The van der Waals surface area contributed by atoms with Gasteiger partial charge in [-0.3, -0.25) is 9.36 Å². The number of hydrogen-bond donors (Lipinski definition) is 1. The molecule has 0 aliphatic heterocycles. The van der Waals surface area contributed by atoms with E-state index in [9.17, 15) is 4.79 Å². The van der Waals surface area contributed by atoms with Crippen LogP contribution in [0.4, 0.5) is 0 Å². The molecule has 3 heterocycles. The average Bonchev–Trinajstić information content (AvgIpc) is 3.58. The van der Waals surface area contributed by atoms with E-state index in [0.717, 1.165) is 33.5 Å². The van der Waals surface area contributed by atoms with E-state index in [2.05, 4.69) is 109 Å². The molecule has 1 N–H and O–H groups in total. The molecule has 0 aliphatic rings. The SMILES string of the molecule is CC(C)c1cccc(C(C)C)c1-n1cc(-c2cnc3oc4cccc(=O)c4c3[nH]2)nc1-c1cccc2ccccc12. The summed E-state index contributed by atoms with van der Waals surface area (Å²) in [6.07, 6.45) is 3.82. The molecule has 0 fully saturated rings. The summed E-state index contributed by atoms with van der Waals surface area (Å²) in [6, 6.07) is 26.4. The van der Waals surface area contributed by atoms with E-state index < -0.39 is 0 Å². The van der Waals surface area contributed by atoms with E-state index in [1.54, 1.807) is 24.4 Å². The lowest BCUT2D eigenvalue weighted by atomic mass is 9.92. The summed E-state index contributed by atoms with van der Waals surface area (Å²) in [5.74, 6) is 1.47. The first-order chi connectivity index (χ1) is 19.9. The second kappa shape index (κ2) is 9.59. The molecule has 0 bridgehead atoms. The van der Waals surface area contributed by atoms with Crippen LogP contribution in [-0.4, -0.2) is 19.5 Å². The Kier molecular flexibility index (Phi) is 5.86. The molecule has 0 spiro atoms. The normalized spacial score (nSPS) is 12.0. The van der Waals surface area contributed by atoms with E-state index in [0.29, 0.717) is 39.7 Å². The van der Waals surface area contributed by atoms with Crippen LogP contribution in [0, 0.1) is 0 Å². The number of para-hydroxylation sites is 1. The molecule has 0 saturated heterocycles. The number of rotatable bonds is 5. The van der Waals surface area contributed by atoms with Crippen molar-refractivity contribution >= 4 is 33.0 Å². The highest BCUT2D eigenvalue weighted by molar-refractivity contribution is 6.01. The van der Waals surface area contributed by atoms with Gasteiger partial charge in [0.15, 0.2) is 5.43 Å². The minimum atomic E-state index is -0.106. The van der Waals surface area contributed by atoms with Crippen LogP contribution in [0.5, 0.6) is 0 Å². The summed E-state index contributed by atoms with van der Waals surface area (Å²) in [7, 11) is 0. The Balaban J connectivity index is 1.55. The number of aromatic nitrogens is 4. The Morgan fingerprint density at radius 1 is 0.829 bits per heavy atom. The Morgan fingerprint density at radius 3 is 2.32 bits per heavy atom. The van der Waals surface area contributed by atoms with E-state index in [1.165, 1.54) is 11.1 Å². The number of nitrogens with zero attached hydrogens (tertiary/aromatic N) is 3. The summed E-state index contributed by atoms with van der Waals surface area (Å²) in [5.41, 5.74) is 7.55. The molecule has 3 aromatic heterocycles. The van der Waals surface area contributed by atoms with Gasteiger partial charge in [0.05, 0.1) is 23.0 Å². The van der Waals surface area contributed by atoms with Crippen molar-refractivity contribution in [1.82, 2.24) is 19.5 Å². The smallest absolute Gasteiger partial charge is 0.244 e. The molecular formula is C35H30N4O2. The van der Waals surface area contributed by atoms with Crippen LogP contribution in [0.15, 0.2) is 100 Å².